The van der Waals surface area contributed by atoms with Crippen molar-refractivity contribution < 1.29 is 0 Å². The summed E-state index contributed by atoms with van der Waals surface area (Å²) in [6.07, 6.45) is 4.38. The Morgan fingerprint density at radius 1 is 0.594 bits per heavy atom. The third kappa shape index (κ3) is 5.75. The molecule has 2 aliphatic heterocycles. The van der Waals surface area contributed by atoms with Crippen LogP contribution in [0.3, 0.4) is 0 Å². The molecule has 0 saturated heterocycles. The fraction of sp³-hybridized carbons (Fsp3) is 0.308. The van der Waals surface area contributed by atoms with E-state index in [0.717, 1.165) is 21.6 Å². The van der Waals surface area contributed by atoms with Gasteiger partial charge < -0.3 is 10.6 Å². The van der Waals surface area contributed by atoms with Gasteiger partial charge in [-0.05, 0) is 102 Å². The summed E-state index contributed by atoms with van der Waals surface area (Å²) >= 11 is 10.8. The SMILES string of the molecule is CC1=CC(C)(C)NC(=S)N1c1ccccc1.CC1=CC(C)(C)NC(=S)N1c1ccccc1. The van der Waals surface area contributed by atoms with Gasteiger partial charge in [-0.2, -0.15) is 0 Å². The molecule has 2 N–H and O–H groups in total. The van der Waals surface area contributed by atoms with Crippen LogP contribution in [0.1, 0.15) is 41.5 Å². The van der Waals surface area contributed by atoms with Crippen molar-refractivity contribution in [3.8, 4) is 0 Å². The molecule has 2 aromatic carbocycles. The van der Waals surface area contributed by atoms with E-state index in [2.05, 4.69) is 98.4 Å². The number of hydrogen-bond donors (Lipinski definition) is 2. The van der Waals surface area contributed by atoms with Crippen molar-refractivity contribution in [3.05, 3.63) is 84.2 Å². The number of anilines is 2. The summed E-state index contributed by atoms with van der Waals surface area (Å²) in [4.78, 5) is 4.11. The van der Waals surface area contributed by atoms with Crippen molar-refractivity contribution in [2.45, 2.75) is 52.6 Å². The normalized spacial score (nSPS) is 19.1. The minimum absolute atomic E-state index is 0.0630. The van der Waals surface area contributed by atoms with E-state index in [4.69, 9.17) is 24.4 Å². The van der Waals surface area contributed by atoms with Crippen molar-refractivity contribution >= 4 is 46.0 Å². The second-order valence-electron chi connectivity index (χ2n) is 9.22. The molecular weight excluding hydrogens is 432 g/mol. The minimum Gasteiger partial charge on any atom is -0.354 e. The Hall–Kier alpha value is -2.70. The van der Waals surface area contributed by atoms with Crippen LogP contribution in [0.5, 0.6) is 0 Å². The molecule has 0 bridgehead atoms. The number of thiocarbonyl (C=S) groups is 2. The molecule has 0 unspecified atom stereocenters. The second kappa shape index (κ2) is 9.43. The summed E-state index contributed by atoms with van der Waals surface area (Å²) in [7, 11) is 0. The van der Waals surface area contributed by atoms with E-state index in [1.807, 2.05) is 36.4 Å². The first kappa shape index (κ1) is 24.0. The van der Waals surface area contributed by atoms with Crippen molar-refractivity contribution in [3.63, 3.8) is 0 Å². The van der Waals surface area contributed by atoms with Crippen molar-refractivity contribution in [1.82, 2.24) is 10.6 Å². The smallest absolute Gasteiger partial charge is 0.178 e. The highest BCUT2D eigenvalue weighted by Crippen LogP contribution is 2.26. The van der Waals surface area contributed by atoms with Crippen LogP contribution in [-0.4, -0.2) is 21.3 Å². The fourth-order valence-electron chi connectivity index (χ4n) is 4.02. The molecule has 4 rings (SSSR count). The standard InChI is InChI=1S/2C13H16N2S/c2*1-10-9-13(2,3)14-12(16)15(10)11-7-5-4-6-8-11/h2*4-9H,1-3H3,(H,14,16). The second-order valence-corrected chi connectivity index (χ2v) is 9.99. The van der Waals surface area contributed by atoms with Gasteiger partial charge in [-0.3, -0.25) is 9.80 Å². The molecular formula is C26H32N4S2. The molecule has 32 heavy (non-hydrogen) atoms. The molecule has 2 aromatic rings. The van der Waals surface area contributed by atoms with Crippen molar-refractivity contribution in [1.29, 1.82) is 0 Å². The van der Waals surface area contributed by atoms with Crippen LogP contribution in [0.15, 0.2) is 84.2 Å². The quantitative estimate of drug-likeness (QED) is 0.520. The first-order valence-electron chi connectivity index (χ1n) is 10.7. The van der Waals surface area contributed by atoms with Gasteiger partial charge in [0.15, 0.2) is 10.2 Å². The van der Waals surface area contributed by atoms with Crippen molar-refractivity contribution in [2.75, 3.05) is 9.80 Å². The van der Waals surface area contributed by atoms with Gasteiger partial charge in [-0.1, -0.05) is 36.4 Å². The number of benzene rings is 2. The number of allylic oxidation sites excluding steroid dienone is 2. The lowest BCUT2D eigenvalue weighted by molar-refractivity contribution is 0.559. The molecule has 2 aliphatic rings. The minimum atomic E-state index is -0.0630. The average Bonchev–Trinajstić information content (AvgIpc) is 2.67. The van der Waals surface area contributed by atoms with E-state index in [1.54, 1.807) is 0 Å². The van der Waals surface area contributed by atoms with Crippen LogP contribution in [0.25, 0.3) is 0 Å². The zero-order valence-corrected chi connectivity index (χ0v) is 21.3. The summed E-state index contributed by atoms with van der Waals surface area (Å²) in [6.45, 7) is 12.6. The summed E-state index contributed by atoms with van der Waals surface area (Å²) in [5, 5.41) is 8.15. The van der Waals surface area contributed by atoms with Crippen molar-refractivity contribution in [2.24, 2.45) is 0 Å². The number of nitrogens with one attached hydrogen (secondary N) is 2. The number of nitrogens with zero attached hydrogens (tertiary/aromatic N) is 2. The van der Waals surface area contributed by atoms with Gasteiger partial charge in [0, 0.05) is 22.8 Å². The maximum atomic E-state index is 5.41. The van der Waals surface area contributed by atoms with Gasteiger partial charge in [0.2, 0.25) is 0 Å². The van der Waals surface area contributed by atoms with E-state index in [9.17, 15) is 0 Å². The molecule has 0 saturated carbocycles. The molecule has 0 aliphatic carbocycles. The lowest BCUT2D eigenvalue weighted by Crippen LogP contribution is -2.53. The Balaban J connectivity index is 0.000000181. The Labute approximate surface area is 203 Å². The van der Waals surface area contributed by atoms with Crippen LogP contribution in [0, 0.1) is 0 Å². The summed E-state index contributed by atoms with van der Waals surface area (Å²) in [5.74, 6) is 0. The lowest BCUT2D eigenvalue weighted by Gasteiger charge is -2.38. The van der Waals surface area contributed by atoms with Crippen LogP contribution >= 0.6 is 24.4 Å². The highest BCUT2D eigenvalue weighted by Gasteiger charge is 2.28. The highest BCUT2D eigenvalue weighted by molar-refractivity contribution is 7.80. The van der Waals surface area contributed by atoms with Crippen LogP contribution in [0.2, 0.25) is 0 Å². The third-order valence-corrected chi connectivity index (χ3v) is 5.71. The first-order valence-corrected chi connectivity index (χ1v) is 11.5. The van der Waals surface area contributed by atoms with E-state index < -0.39 is 0 Å². The Bertz CT molecular complexity index is 955. The Morgan fingerprint density at radius 3 is 1.19 bits per heavy atom. The molecule has 0 amide bonds. The molecule has 4 nitrogen and oxygen atoms in total. The first-order chi connectivity index (χ1) is 15.0. The van der Waals surface area contributed by atoms with E-state index >= 15 is 0 Å². The van der Waals surface area contributed by atoms with Gasteiger partial charge >= 0.3 is 0 Å². The maximum Gasteiger partial charge on any atom is 0.178 e. The molecule has 0 fully saturated rings. The molecule has 0 aromatic heterocycles. The topological polar surface area (TPSA) is 30.5 Å². The average molecular weight is 465 g/mol. The molecule has 0 spiro atoms. The maximum absolute atomic E-state index is 5.41. The van der Waals surface area contributed by atoms with Gasteiger partial charge in [0.05, 0.1) is 11.1 Å². The molecule has 0 radical (unpaired) electrons. The predicted molar refractivity (Wildman–Crippen MR) is 145 cm³/mol. The number of hydrogen-bond acceptors (Lipinski definition) is 2. The number of rotatable bonds is 2. The fourth-order valence-corrected chi connectivity index (χ4v) is 5.05. The molecule has 6 heteroatoms. The summed E-state index contributed by atoms with van der Waals surface area (Å²) in [5.41, 5.74) is 4.41. The third-order valence-electron chi connectivity index (χ3n) is 5.14. The molecule has 0 atom stereocenters. The Morgan fingerprint density at radius 2 is 0.906 bits per heavy atom. The zero-order chi connectivity index (χ0) is 23.5. The highest BCUT2D eigenvalue weighted by atomic mass is 32.1. The van der Waals surface area contributed by atoms with E-state index in [0.29, 0.717) is 0 Å². The van der Waals surface area contributed by atoms with Gasteiger partial charge in [0.25, 0.3) is 0 Å². The van der Waals surface area contributed by atoms with Gasteiger partial charge in [-0.15, -0.1) is 0 Å². The van der Waals surface area contributed by atoms with Gasteiger partial charge in [0.1, 0.15) is 0 Å². The van der Waals surface area contributed by atoms with Crippen LogP contribution < -0.4 is 20.4 Å². The predicted octanol–water partition coefficient (Wildman–Crippen LogP) is 6.13. The molecule has 2 heterocycles. The monoisotopic (exact) mass is 464 g/mol. The van der Waals surface area contributed by atoms with E-state index in [-0.39, 0.29) is 11.1 Å². The van der Waals surface area contributed by atoms with Gasteiger partial charge in [-0.25, -0.2) is 0 Å². The largest absolute Gasteiger partial charge is 0.354 e. The Kier molecular flexibility index (Phi) is 7.06. The zero-order valence-electron chi connectivity index (χ0n) is 19.6. The van der Waals surface area contributed by atoms with E-state index in [1.165, 1.54) is 11.4 Å². The molecule has 168 valence electrons. The summed E-state index contributed by atoms with van der Waals surface area (Å²) in [6, 6.07) is 20.3. The summed E-state index contributed by atoms with van der Waals surface area (Å²) < 4.78 is 0. The van der Waals surface area contributed by atoms with Crippen LogP contribution in [0.4, 0.5) is 11.4 Å². The van der Waals surface area contributed by atoms with Crippen LogP contribution in [-0.2, 0) is 0 Å². The lowest BCUT2D eigenvalue weighted by atomic mass is 10.0. The number of para-hydroxylation sites is 2.